The molecule has 0 unspecified atom stereocenters. The Morgan fingerprint density at radius 3 is 2.65 bits per heavy atom. The molecule has 0 aliphatic carbocycles. The molecule has 0 fully saturated rings. The fourth-order valence-electron chi connectivity index (χ4n) is 3.20. The predicted molar refractivity (Wildman–Crippen MR) is 126 cm³/mol. The first-order valence-corrected chi connectivity index (χ1v) is 11.5. The molecule has 1 aliphatic rings. The van der Waals surface area contributed by atoms with E-state index >= 15 is 0 Å². The molecule has 34 heavy (non-hydrogen) atoms. The number of carboxylic acid groups (broad SMARTS) is 1. The minimum atomic E-state index is -5.08. The van der Waals surface area contributed by atoms with Gasteiger partial charge in [-0.15, -0.1) is 11.3 Å². The molecule has 3 heterocycles. The zero-order valence-corrected chi connectivity index (χ0v) is 19.0. The normalized spacial score (nSPS) is 12.9. The molecule has 0 saturated carbocycles. The number of anilines is 3. The first-order chi connectivity index (χ1) is 16.3. The number of carboxylic acids is 1. The van der Waals surface area contributed by atoms with E-state index in [0.717, 1.165) is 44.6 Å². The molecule has 0 amide bonds. The number of halogens is 3. The average molecular weight is 507 g/mol. The van der Waals surface area contributed by atoms with Crippen LogP contribution in [0.15, 0.2) is 71.2 Å². The highest BCUT2D eigenvalue weighted by molar-refractivity contribution is 8.00. The van der Waals surface area contributed by atoms with Crippen LogP contribution in [0, 0.1) is 0 Å². The van der Waals surface area contributed by atoms with Gasteiger partial charge in [-0.3, -0.25) is 4.98 Å². The molecule has 5 rings (SSSR count). The fourth-order valence-corrected chi connectivity index (χ4v) is 4.45. The van der Waals surface area contributed by atoms with Crippen molar-refractivity contribution < 1.29 is 27.8 Å². The number of thiazole rings is 1. The maximum Gasteiger partial charge on any atom is 0.490 e. The van der Waals surface area contributed by atoms with Gasteiger partial charge < -0.3 is 19.5 Å². The number of fused-ring (bicyclic) bond motifs is 2. The third kappa shape index (κ3) is 5.51. The van der Waals surface area contributed by atoms with Crippen LogP contribution >= 0.6 is 23.3 Å². The Morgan fingerprint density at radius 2 is 1.91 bits per heavy atom. The molecule has 0 atom stereocenters. The number of aliphatic carboxylic acids is 1. The van der Waals surface area contributed by atoms with Crippen molar-refractivity contribution in [3.8, 4) is 5.75 Å². The van der Waals surface area contributed by atoms with E-state index in [-0.39, 0.29) is 0 Å². The molecule has 176 valence electrons. The number of rotatable bonds is 4. The maximum atomic E-state index is 10.6. The van der Waals surface area contributed by atoms with Gasteiger partial charge >= 0.3 is 12.1 Å². The fraction of sp³-hybridized carbons (Fsp3) is 0.136. The lowest BCUT2D eigenvalue weighted by Gasteiger charge is -2.32. The number of hydrogen-bond acceptors (Lipinski definition) is 8. The third-order valence-corrected chi connectivity index (χ3v) is 6.23. The molecule has 12 heteroatoms. The van der Waals surface area contributed by atoms with Gasteiger partial charge in [0.05, 0.1) is 23.4 Å². The molecular formula is C22H17F3N4O3S2. The van der Waals surface area contributed by atoms with E-state index in [0.29, 0.717) is 6.61 Å². The van der Waals surface area contributed by atoms with Crippen molar-refractivity contribution in [3.63, 3.8) is 0 Å². The van der Waals surface area contributed by atoms with E-state index < -0.39 is 12.1 Å². The van der Waals surface area contributed by atoms with E-state index in [1.807, 2.05) is 17.6 Å². The van der Waals surface area contributed by atoms with Crippen LogP contribution in [0.3, 0.4) is 0 Å². The predicted octanol–water partition coefficient (Wildman–Crippen LogP) is 5.97. The van der Waals surface area contributed by atoms with Crippen LogP contribution in [0.4, 0.5) is 29.7 Å². The Hall–Kier alpha value is -3.51. The summed E-state index contributed by atoms with van der Waals surface area (Å²) in [4.78, 5) is 21.1. The second-order valence-corrected chi connectivity index (χ2v) is 8.60. The quantitative estimate of drug-likeness (QED) is 0.327. The number of hydrogen-bond donors (Lipinski definition) is 2. The summed E-state index contributed by atoms with van der Waals surface area (Å²) in [5, 5.41) is 11.1. The lowest BCUT2D eigenvalue weighted by atomic mass is 10.1. The number of ether oxygens (including phenoxy) is 1. The molecule has 2 aromatic heterocycles. The van der Waals surface area contributed by atoms with Crippen LogP contribution in [0.2, 0.25) is 0 Å². The van der Waals surface area contributed by atoms with Crippen molar-refractivity contribution in [2.45, 2.75) is 11.1 Å². The topological polar surface area (TPSA) is 87.6 Å². The summed E-state index contributed by atoms with van der Waals surface area (Å²) < 4.78 is 40.9. The van der Waals surface area contributed by atoms with Crippen molar-refractivity contribution in [1.29, 1.82) is 0 Å². The van der Waals surface area contributed by atoms with Gasteiger partial charge in [0.15, 0.2) is 5.13 Å². The summed E-state index contributed by atoms with van der Waals surface area (Å²) in [6, 6.07) is 16.7. The SMILES string of the molecule is O=C(O)C(F)(F)F.c1cnc2c(N3CCOc4cc(SNc5nccs5)ccc43)cccc2c1. The Labute approximate surface area is 200 Å². The second kappa shape index (κ2) is 10.2. The number of benzene rings is 2. The molecular weight excluding hydrogens is 489 g/mol. The smallest absolute Gasteiger partial charge is 0.489 e. The van der Waals surface area contributed by atoms with Gasteiger partial charge in [-0.2, -0.15) is 13.2 Å². The van der Waals surface area contributed by atoms with Crippen molar-refractivity contribution in [3.05, 3.63) is 66.3 Å². The zero-order chi connectivity index (χ0) is 24.1. The van der Waals surface area contributed by atoms with E-state index in [1.165, 1.54) is 11.9 Å². The number of nitrogens with one attached hydrogen (secondary N) is 1. The van der Waals surface area contributed by atoms with E-state index in [1.54, 1.807) is 17.5 Å². The van der Waals surface area contributed by atoms with Gasteiger partial charge in [0.2, 0.25) is 0 Å². The second-order valence-electron chi connectivity index (χ2n) is 6.83. The Balaban J connectivity index is 0.000000344. The highest BCUT2D eigenvalue weighted by atomic mass is 32.2. The molecule has 7 nitrogen and oxygen atoms in total. The number of nitrogens with zero attached hydrogens (tertiary/aromatic N) is 3. The van der Waals surface area contributed by atoms with Crippen molar-refractivity contribution >= 4 is 56.7 Å². The number of aromatic nitrogens is 2. The minimum Gasteiger partial charge on any atom is -0.489 e. The molecule has 1 aliphatic heterocycles. The van der Waals surface area contributed by atoms with Gasteiger partial charge in [-0.25, -0.2) is 9.78 Å². The van der Waals surface area contributed by atoms with Gasteiger partial charge in [-0.1, -0.05) is 18.2 Å². The molecule has 2 aromatic carbocycles. The largest absolute Gasteiger partial charge is 0.490 e. The van der Waals surface area contributed by atoms with Gasteiger partial charge in [0.1, 0.15) is 12.4 Å². The van der Waals surface area contributed by atoms with Crippen molar-refractivity contribution in [1.82, 2.24) is 9.97 Å². The summed E-state index contributed by atoms with van der Waals surface area (Å²) in [6.07, 6.45) is -1.45. The zero-order valence-electron chi connectivity index (χ0n) is 17.3. The van der Waals surface area contributed by atoms with Gasteiger partial charge in [0, 0.05) is 28.1 Å². The lowest BCUT2D eigenvalue weighted by molar-refractivity contribution is -0.192. The Kier molecular flexibility index (Phi) is 7.08. The third-order valence-electron chi connectivity index (χ3n) is 4.63. The summed E-state index contributed by atoms with van der Waals surface area (Å²) in [7, 11) is 0. The molecule has 0 radical (unpaired) electrons. The highest BCUT2D eigenvalue weighted by Crippen LogP contribution is 2.41. The number of para-hydroxylation sites is 1. The Bertz CT molecular complexity index is 1280. The molecule has 0 spiro atoms. The molecule has 0 saturated heterocycles. The maximum absolute atomic E-state index is 10.6. The lowest BCUT2D eigenvalue weighted by Crippen LogP contribution is -2.28. The average Bonchev–Trinajstić information content (AvgIpc) is 3.35. The highest BCUT2D eigenvalue weighted by Gasteiger charge is 2.38. The van der Waals surface area contributed by atoms with Crippen LogP contribution in [0.5, 0.6) is 5.75 Å². The summed E-state index contributed by atoms with van der Waals surface area (Å²) in [6.45, 7) is 1.44. The molecule has 4 aromatic rings. The van der Waals surface area contributed by atoms with Crippen LogP contribution in [-0.4, -0.2) is 40.4 Å². The van der Waals surface area contributed by atoms with Crippen molar-refractivity contribution in [2.24, 2.45) is 0 Å². The van der Waals surface area contributed by atoms with Crippen LogP contribution in [0.1, 0.15) is 0 Å². The van der Waals surface area contributed by atoms with Gasteiger partial charge in [-0.05, 0) is 42.3 Å². The van der Waals surface area contributed by atoms with E-state index in [9.17, 15) is 13.2 Å². The summed E-state index contributed by atoms with van der Waals surface area (Å²) in [5.41, 5.74) is 3.19. The standard InChI is InChI=1S/C20H16N4OS2.C2HF3O2/c1-3-14-4-2-8-21-19(14)17(5-1)24-10-11-25-18-13-15(6-7-16(18)24)27-23-20-22-9-12-26-20;3-2(4,5)1(6)7/h1-9,12-13H,10-11H2,(H,22,23);(H,6,7). The van der Waals surface area contributed by atoms with Crippen LogP contribution in [0.25, 0.3) is 10.9 Å². The molecule has 0 bridgehead atoms. The van der Waals surface area contributed by atoms with Crippen molar-refractivity contribution in [2.75, 3.05) is 22.8 Å². The van der Waals surface area contributed by atoms with Gasteiger partial charge in [0.25, 0.3) is 0 Å². The summed E-state index contributed by atoms with van der Waals surface area (Å²) >= 11 is 3.12. The number of carbonyl (C=O) groups is 1. The number of alkyl halides is 3. The minimum absolute atomic E-state index is 0.643. The van der Waals surface area contributed by atoms with E-state index in [4.69, 9.17) is 14.6 Å². The molecule has 2 N–H and O–H groups in total. The summed E-state index contributed by atoms with van der Waals surface area (Å²) in [5.74, 6) is -1.87. The monoisotopic (exact) mass is 506 g/mol. The number of pyridine rings is 1. The van der Waals surface area contributed by atoms with Crippen LogP contribution < -0.4 is 14.4 Å². The van der Waals surface area contributed by atoms with Crippen LogP contribution in [-0.2, 0) is 4.79 Å². The van der Waals surface area contributed by atoms with E-state index in [2.05, 4.69) is 62.1 Å². The first-order valence-electron chi connectivity index (χ1n) is 9.83. The Morgan fingerprint density at radius 1 is 1.12 bits per heavy atom. The first kappa shape index (κ1) is 23.6.